The van der Waals surface area contributed by atoms with Gasteiger partial charge in [0.05, 0.1) is 0 Å². The lowest BCUT2D eigenvalue weighted by Crippen LogP contribution is -2.25. The van der Waals surface area contributed by atoms with E-state index in [4.69, 9.17) is 11.2 Å². The van der Waals surface area contributed by atoms with Crippen molar-refractivity contribution in [3.05, 3.63) is 29.3 Å². The summed E-state index contributed by atoms with van der Waals surface area (Å²) < 4.78 is 5.65. The number of terminal acetylenes is 1. The molecule has 0 aromatic heterocycles. The van der Waals surface area contributed by atoms with Crippen molar-refractivity contribution in [2.75, 3.05) is 7.05 Å². The Bertz CT molecular complexity index is 511. The zero-order valence-corrected chi connectivity index (χ0v) is 10.3. The fraction of sp³-hybridized carbons (Fsp3) is 0.357. The predicted molar refractivity (Wildman–Crippen MR) is 65.8 cm³/mol. The Morgan fingerprint density at radius 2 is 2.18 bits per heavy atom. The molecular weight excluding hydrogens is 214 g/mol. The Labute approximate surface area is 101 Å². The molecule has 88 valence electrons. The van der Waals surface area contributed by atoms with Crippen LogP contribution in [0.4, 0.5) is 0 Å². The molecule has 0 spiro atoms. The van der Waals surface area contributed by atoms with Crippen LogP contribution >= 0.6 is 0 Å². The Hall–Kier alpha value is -1.95. The number of fused-ring (bicyclic) bond motifs is 1. The van der Waals surface area contributed by atoms with E-state index in [-0.39, 0.29) is 5.91 Å². The number of hydrogen-bond acceptors (Lipinski definition) is 2. The van der Waals surface area contributed by atoms with Gasteiger partial charge in [-0.15, -0.1) is 6.42 Å². The smallest absolute Gasteiger partial charge is 0.254 e. The van der Waals surface area contributed by atoms with Crippen molar-refractivity contribution >= 4 is 5.91 Å². The van der Waals surface area contributed by atoms with Crippen molar-refractivity contribution in [1.29, 1.82) is 0 Å². The summed E-state index contributed by atoms with van der Waals surface area (Å²) in [5, 5.41) is 0. The van der Waals surface area contributed by atoms with E-state index < -0.39 is 5.60 Å². The summed E-state index contributed by atoms with van der Waals surface area (Å²) in [6, 6.07) is 5.53. The fourth-order valence-electron chi connectivity index (χ4n) is 1.81. The predicted octanol–water partition coefficient (Wildman–Crippen LogP) is 2.06. The molecule has 1 amide bonds. The molecule has 1 heterocycles. The summed E-state index contributed by atoms with van der Waals surface area (Å²) >= 11 is 0. The van der Waals surface area contributed by atoms with Gasteiger partial charge in [0.1, 0.15) is 5.75 Å². The number of nitrogens with zero attached hydrogens (tertiary/aromatic N) is 1. The first-order chi connectivity index (χ1) is 7.93. The van der Waals surface area contributed by atoms with E-state index in [0.717, 1.165) is 5.56 Å². The van der Waals surface area contributed by atoms with E-state index in [0.29, 0.717) is 17.9 Å². The van der Waals surface area contributed by atoms with Crippen LogP contribution < -0.4 is 4.74 Å². The minimum absolute atomic E-state index is 0.0314. The molecule has 3 nitrogen and oxygen atoms in total. The summed E-state index contributed by atoms with van der Waals surface area (Å²) in [5.74, 6) is 3.23. The average molecular weight is 229 g/mol. The van der Waals surface area contributed by atoms with Gasteiger partial charge in [0.15, 0.2) is 5.60 Å². The van der Waals surface area contributed by atoms with Gasteiger partial charge in [0, 0.05) is 19.2 Å². The van der Waals surface area contributed by atoms with Gasteiger partial charge in [0.2, 0.25) is 0 Å². The third-order valence-corrected chi connectivity index (χ3v) is 2.79. The number of amides is 1. The van der Waals surface area contributed by atoms with E-state index in [9.17, 15) is 4.79 Å². The van der Waals surface area contributed by atoms with Gasteiger partial charge in [-0.3, -0.25) is 4.79 Å². The number of rotatable bonds is 2. The molecule has 17 heavy (non-hydrogen) atoms. The highest BCUT2D eigenvalue weighted by atomic mass is 16.5. The number of carbonyl (C=O) groups is 1. The van der Waals surface area contributed by atoms with Crippen LogP contribution in [0.15, 0.2) is 18.2 Å². The highest BCUT2D eigenvalue weighted by Crippen LogP contribution is 2.27. The summed E-state index contributed by atoms with van der Waals surface area (Å²) in [4.78, 5) is 13.5. The lowest BCUT2D eigenvalue weighted by molar-refractivity contribution is 0.0815. The van der Waals surface area contributed by atoms with Gasteiger partial charge in [-0.25, -0.2) is 0 Å². The highest BCUT2D eigenvalue weighted by Gasteiger charge is 2.25. The summed E-state index contributed by atoms with van der Waals surface area (Å²) in [6.07, 6.45) is 5.37. The first-order valence-corrected chi connectivity index (χ1v) is 5.48. The quantitative estimate of drug-likeness (QED) is 0.726. The van der Waals surface area contributed by atoms with Crippen LogP contribution in [0.5, 0.6) is 5.75 Å². The van der Waals surface area contributed by atoms with Crippen LogP contribution in [-0.4, -0.2) is 23.5 Å². The molecule has 3 heteroatoms. The van der Waals surface area contributed by atoms with E-state index >= 15 is 0 Å². The van der Waals surface area contributed by atoms with Crippen molar-refractivity contribution in [1.82, 2.24) is 4.90 Å². The Morgan fingerprint density at radius 3 is 2.82 bits per heavy atom. The van der Waals surface area contributed by atoms with Crippen LogP contribution in [0.1, 0.15) is 29.8 Å². The second-order valence-electron chi connectivity index (χ2n) is 4.74. The molecule has 1 aromatic rings. The molecule has 0 bridgehead atoms. The van der Waals surface area contributed by atoms with Gasteiger partial charge >= 0.3 is 0 Å². The molecule has 0 unspecified atom stereocenters. The maximum absolute atomic E-state index is 11.8. The largest absolute Gasteiger partial charge is 0.475 e. The standard InChI is InChI=1S/C14H15NO2/c1-5-14(2,3)17-11-7-6-10-9-15(4)13(16)12(10)8-11/h1,6-8H,9H2,2-4H3. The van der Waals surface area contributed by atoms with Crippen molar-refractivity contribution in [3.63, 3.8) is 0 Å². The zero-order chi connectivity index (χ0) is 12.6. The normalized spacial score (nSPS) is 14.5. The average Bonchev–Trinajstić information content (AvgIpc) is 2.55. The van der Waals surface area contributed by atoms with Gasteiger partial charge in [-0.05, 0) is 31.5 Å². The summed E-state index contributed by atoms with van der Waals surface area (Å²) in [5.41, 5.74) is 1.07. The van der Waals surface area contributed by atoms with Crippen LogP contribution in [0.3, 0.4) is 0 Å². The van der Waals surface area contributed by atoms with Crippen molar-refractivity contribution in [3.8, 4) is 18.1 Å². The van der Waals surface area contributed by atoms with E-state index in [1.807, 2.05) is 26.0 Å². The second-order valence-corrected chi connectivity index (χ2v) is 4.74. The second kappa shape index (κ2) is 3.81. The van der Waals surface area contributed by atoms with Gasteiger partial charge < -0.3 is 9.64 Å². The monoisotopic (exact) mass is 229 g/mol. The van der Waals surface area contributed by atoms with Crippen molar-refractivity contribution in [2.45, 2.75) is 26.0 Å². The Balaban J connectivity index is 2.31. The molecule has 0 aliphatic carbocycles. The van der Waals surface area contributed by atoms with E-state index in [2.05, 4.69) is 5.92 Å². The molecule has 1 aliphatic rings. The Morgan fingerprint density at radius 1 is 1.47 bits per heavy atom. The zero-order valence-electron chi connectivity index (χ0n) is 10.3. The molecule has 1 aliphatic heterocycles. The number of ether oxygens (including phenoxy) is 1. The summed E-state index contributed by atoms with van der Waals surface area (Å²) in [6.45, 7) is 4.29. The molecule has 2 rings (SSSR count). The molecule has 0 saturated carbocycles. The van der Waals surface area contributed by atoms with Gasteiger partial charge in [0.25, 0.3) is 5.91 Å². The topological polar surface area (TPSA) is 29.5 Å². The van der Waals surface area contributed by atoms with Gasteiger partial charge in [-0.1, -0.05) is 12.0 Å². The molecule has 0 saturated heterocycles. The van der Waals surface area contributed by atoms with Crippen LogP contribution in [0, 0.1) is 12.3 Å². The van der Waals surface area contributed by atoms with Crippen LogP contribution in [-0.2, 0) is 6.54 Å². The lowest BCUT2D eigenvalue weighted by atomic mass is 10.1. The molecular formula is C14H15NO2. The molecule has 1 aromatic carbocycles. The Kier molecular flexibility index (Phi) is 2.59. The SMILES string of the molecule is C#CC(C)(C)Oc1ccc2c(c1)C(=O)N(C)C2. The first kappa shape index (κ1) is 11.5. The summed E-state index contributed by atoms with van der Waals surface area (Å²) in [7, 11) is 1.79. The maximum Gasteiger partial charge on any atom is 0.254 e. The molecule has 0 N–H and O–H groups in total. The van der Waals surface area contributed by atoms with Crippen LogP contribution in [0.25, 0.3) is 0 Å². The minimum Gasteiger partial charge on any atom is -0.475 e. The van der Waals surface area contributed by atoms with Crippen molar-refractivity contribution in [2.24, 2.45) is 0 Å². The number of carbonyl (C=O) groups excluding carboxylic acids is 1. The number of benzene rings is 1. The molecule has 0 fully saturated rings. The maximum atomic E-state index is 11.8. The van der Waals surface area contributed by atoms with E-state index in [1.54, 1.807) is 18.0 Å². The van der Waals surface area contributed by atoms with Crippen LogP contribution in [0.2, 0.25) is 0 Å². The van der Waals surface area contributed by atoms with Crippen molar-refractivity contribution < 1.29 is 9.53 Å². The number of hydrogen-bond donors (Lipinski definition) is 0. The van der Waals surface area contributed by atoms with Gasteiger partial charge in [-0.2, -0.15) is 0 Å². The minimum atomic E-state index is -0.665. The first-order valence-electron chi connectivity index (χ1n) is 5.48. The molecule has 0 atom stereocenters. The third kappa shape index (κ3) is 2.12. The lowest BCUT2D eigenvalue weighted by Gasteiger charge is -2.20. The van der Waals surface area contributed by atoms with E-state index in [1.165, 1.54) is 0 Å². The molecule has 0 radical (unpaired) electrons. The fourth-order valence-corrected chi connectivity index (χ4v) is 1.81. The third-order valence-electron chi connectivity index (χ3n) is 2.79. The highest BCUT2D eigenvalue weighted by molar-refractivity contribution is 5.98.